The Morgan fingerprint density at radius 2 is 2.08 bits per heavy atom. The molecule has 2 aromatic carbocycles. The summed E-state index contributed by atoms with van der Waals surface area (Å²) in [6, 6.07) is 12.7. The number of nitrogens with zero attached hydrogens (tertiary/aromatic N) is 3. The Morgan fingerprint density at radius 1 is 1.31 bits per heavy atom. The van der Waals surface area contributed by atoms with Crippen LogP contribution < -0.4 is 10.3 Å². The van der Waals surface area contributed by atoms with Gasteiger partial charge in [0.2, 0.25) is 0 Å². The molecule has 3 aromatic rings. The Labute approximate surface area is 160 Å². The van der Waals surface area contributed by atoms with Crippen molar-refractivity contribution in [2.75, 3.05) is 7.11 Å². The molecule has 0 radical (unpaired) electrons. The highest BCUT2D eigenvalue weighted by Gasteiger charge is 2.18. The predicted molar refractivity (Wildman–Crippen MR) is 105 cm³/mol. The Bertz CT molecular complexity index is 1090. The van der Waals surface area contributed by atoms with Gasteiger partial charge in [0.05, 0.1) is 35.0 Å². The lowest BCUT2D eigenvalue weighted by Gasteiger charge is -2.17. The SMILES string of the molecule is COc1ccc(C)cc1-n1c(S[C@@H](C)C#N)nc2cc(Cl)ccc2c1=O. The predicted octanol–water partition coefficient (Wildman–Crippen LogP) is 4.36. The fourth-order valence-corrected chi connectivity index (χ4v) is 3.56. The number of aryl methyl sites for hydroxylation is 1. The van der Waals surface area contributed by atoms with E-state index in [-0.39, 0.29) is 10.8 Å². The quantitative estimate of drug-likeness (QED) is 0.493. The summed E-state index contributed by atoms with van der Waals surface area (Å²) in [6.07, 6.45) is 0. The van der Waals surface area contributed by atoms with E-state index in [0.29, 0.717) is 32.5 Å². The third-order valence-electron chi connectivity index (χ3n) is 3.84. The molecule has 0 fully saturated rings. The van der Waals surface area contributed by atoms with Crippen molar-refractivity contribution >= 4 is 34.3 Å². The van der Waals surface area contributed by atoms with Crippen molar-refractivity contribution in [2.45, 2.75) is 24.3 Å². The average Bonchev–Trinajstić information content (AvgIpc) is 2.61. The van der Waals surface area contributed by atoms with Crippen molar-refractivity contribution in [1.29, 1.82) is 5.26 Å². The van der Waals surface area contributed by atoms with E-state index in [2.05, 4.69) is 11.1 Å². The second kappa shape index (κ2) is 7.40. The zero-order chi connectivity index (χ0) is 18.8. The van der Waals surface area contributed by atoms with Gasteiger partial charge in [-0.15, -0.1) is 0 Å². The number of halogens is 1. The molecular weight excluding hydrogens is 370 g/mol. The van der Waals surface area contributed by atoms with Crippen LogP contribution in [0.3, 0.4) is 0 Å². The number of thioether (sulfide) groups is 1. The maximum atomic E-state index is 13.2. The van der Waals surface area contributed by atoms with E-state index in [1.54, 1.807) is 32.2 Å². The summed E-state index contributed by atoms with van der Waals surface area (Å²) < 4.78 is 6.94. The molecule has 1 aromatic heterocycles. The van der Waals surface area contributed by atoms with Crippen LogP contribution in [0.25, 0.3) is 16.6 Å². The van der Waals surface area contributed by atoms with Gasteiger partial charge in [-0.3, -0.25) is 9.36 Å². The first-order chi connectivity index (χ1) is 12.4. The van der Waals surface area contributed by atoms with Gasteiger partial charge in [0.25, 0.3) is 5.56 Å². The molecule has 0 bridgehead atoms. The smallest absolute Gasteiger partial charge is 0.266 e. The second-order valence-corrected chi connectivity index (χ2v) is 7.51. The molecule has 0 aliphatic carbocycles. The van der Waals surface area contributed by atoms with Crippen molar-refractivity contribution in [3.05, 3.63) is 57.3 Å². The molecule has 1 atom stereocenters. The van der Waals surface area contributed by atoms with Crippen LogP contribution in [0, 0.1) is 18.3 Å². The molecule has 0 amide bonds. The summed E-state index contributed by atoms with van der Waals surface area (Å²) in [4.78, 5) is 17.8. The minimum absolute atomic E-state index is 0.233. The third kappa shape index (κ3) is 3.41. The molecule has 0 saturated heterocycles. The summed E-state index contributed by atoms with van der Waals surface area (Å²) in [5, 5.41) is 10.2. The molecule has 0 spiro atoms. The monoisotopic (exact) mass is 385 g/mol. The van der Waals surface area contributed by atoms with Gasteiger partial charge < -0.3 is 4.74 Å². The maximum absolute atomic E-state index is 13.2. The first-order valence-corrected chi connectivity index (χ1v) is 9.14. The van der Waals surface area contributed by atoms with Crippen LogP contribution in [0.2, 0.25) is 5.02 Å². The van der Waals surface area contributed by atoms with E-state index in [1.165, 1.54) is 16.3 Å². The van der Waals surface area contributed by atoms with E-state index in [4.69, 9.17) is 16.3 Å². The van der Waals surface area contributed by atoms with Gasteiger partial charge in [-0.05, 0) is 49.7 Å². The fourth-order valence-electron chi connectivity index (χ4n) is 2.59. The average molecular weight is 386 g/mol. The van der Waals surface area contributed by atoms with Crippen LogP contribution >= 0.6 is 23.4 Å². The molecular formula is C19H16ClN3O2S. The highest BCUT2D eigenvalue weighted by Crippen LogP contribution is 2.30. The first kappa shape index (κ1) is 18.3. The zero-order valence-electron chi connectivity index (χ0n) is 14.5. The van der Waals surface area contributed by atoms with E-state index in [0.717, 1.165) is 5.56 Å². The van der Waals surface area contributed by atoms with Gasteiger partial charge >= 0.3 is 0 Å². The highest BCUT2D eigenvalue weighted by atomic mass is 35.5. The van der Waals surface area contributed by atoms with Crippen molar-refractivity contribution in [2.24, 2.45) is 0 Å². The van der Waals surface area contributed by atoms with Crippen molar-refractivity contribution in [3.8, 4) is 17.5 Å². The minimum Gasteiger partial charge on any atom is -0.495 e. The van der Waals surface area contributed by atoms with Gasteiger partial charge in [-0.2, -0.15) is 5.26 Å². The van der Waals surface area contributed by atoms with Crippen molar-refractivity contribution in [1.82, 2.24) is 9.55 Å². The number of aromatic nitrogens is 2. The third-order valence-corrected chi connectivity index (χ3v) is 5.02. The topological polar surface area (TPSA) is 67.9 Å². The number of nitriles is 1. The molecule has 26 heavy (non-hydrogen) atoms. The van der Waals surface area contributed by atoms with E-state index < -0.39 is 0 Å². The Balaban J connectivity index is 2.39. The zero-order valence-corrected chi connectivity index (χ0v) is 16.1. The largest absolute Gasteiger partial charge is 0.495 e. The normalized spacial score (nSPS) is 12.0. The van der Waals surface area contributed by atoms with E-state index in [1.807, 2.05) is 25.1 Å². The van der Waals surface area contributed by atoms with Crippen LogP contribution in [-0.2, 0) is 0 Å². The number of methoxy groups -OCH3 is 1. The van der Waals surface area contributed by atoms with Crippen LogP contribution in [0.15, 0.2) is 46.3 Å². The van der Waals surface area contributed by atoms with Gasteiger partial charge in [-0.25, -0.2) is 4.98 Å². The lowest BCUT2D eigenvalue weighted by Crippen LogP contribution is -2.23. The summed E-state index contributed by atoms with van der Waals surface area (Å²) >= 11 is 7.27. The molecule has 5 nitrogen and oxygen atoms in total. The molecule has 0 N–H and O–H groups in total. The van der Waals surface area contributed by atoms with Crippen LogP contribution in [0.4, 0.5) is 0 Å². The Morgan fingerprint density at radius 3 is 2.77 bits per heavy atom. The molecule has 0 aliphatic rings. The molecule has 0 unspecified atom stereocenters. The lowest BCUT2D eigenvalue weighted by molar-refractivity contribution is 0.411. The molecule has 0 saturated carbocycles. The standard InChI is InChI=1S/C19H16ClN3O2S/c1-11-4-7-17(25-3)16(8-11)23-18(24)14-6-5-13(20)9-15(14)22-19(23)26-12(2)10-21/h4-9,12H,1-3H3/t12-/m0/s1. The Kier molecular flexibility index (Phi) is 5.21. The molecule has 7 heteroatoms. The number of benzene rings is 2. The number of hydrogen-bond donors (Lipinski definition) is 0. The number of rotatable bonds is 4. The highest BCUT2D eigenvalue weighted by molar-refractivity contribution is 8.00. The Hall–Kier alpha value is -2.49. The molecule has 132 valence electrons. The van der Waals surface area contributed by atoms with Crippen LogP contribution in [-0.4, -0.2) is 21.9 Å². The van der Waals surface area contributed by atoms with E-state index in [9.17, 15) is 10.1 Å². The second-order valence-electron chi connectivity index (χ2n) is 5.76. The van der Waals surface area contributed by atoms with Gasteiger partial charge in [0, 0.05) is 5.02 Å². The van der Waals surface area contributed by atoms with Gasteiger partial charge in [-0.1, -0.05) is 29.4 Å². The maximum Gasteiger partial charge on any atom is 0.266 e. The van der Waals surface area contributed by atoms with Gasteiger partial charge in [0.15, 0.2) is 5.16 Å². The molecule has 1 heterocycles. The minimum atomic E-state index is -0.374. The van der Waals surface area contributed by atoms with Crippen molar-refractivity contribution < 1.29 is 4.74 Å². The number of ether oxygens (including phenoxy) is 1. The summed E-state index contributed by atoms with van der Waals surface area (Å²) in [6.45, 7) is 3.70. The summed E-state index contributed by atoms with van der Waals surface area (Å²) in [5.74, 6) is 0.555. The van der Waals surface area contributed by atoms with E-state index >= 15 is 0 Å². The lowest BCUT2D eigenvalue weighted by atomic mass is 10.2. The van der Waals surface area contributed by atoms with Crippen LogP contribution in [0.5, 0.6) is 5.75 Å². The first-order valence-electron chi connectivity index (χ1n) is 7.88. The molecule has 3 rings (SSSR count). The molecule has 0 aliphatic heterocycles. The van der Waals surface area contributed by atoms with Gasteiger partial charge in [0.1, 0.15) is 5.75 Å². The summed E-state index contributed by atoms with van der Waals surface area (Å²) in [7, 11) is 1.55. The fraction of sp³-hybridized carbons (Fsp3) is 0.211. The number of fused-ring (bicyclic) bond motifs is 1. The number of hydrogen-bond acceptors (Lipinski definition) is 5. The van der Waals surface area contributed by atoms with Crippen LogP contribution in [0.1, 0.15) is 12.5 Å². The van der Waals surface area contributed by atoms with Crippen molar-refractivity contribution in [3.63, 3.8) is 0 Å². The summed E-state index contributed by atoms with van der Waals surface area (Å²) in [5.41, 5.74) is 1.84.